The topological polar surface area (TPSA) is 44.1 Å². The van der Waals surface area contributed by atoms with Gasteiger partial charge in [-0.2, -0.15) is 0 Å². The molecule has 2 rings (SSSR count). The van der Waals surface area contributed by atoms with Gasteiger partial charge in [-0.1, -0.05) is 12.1 Å². The third-order valence-corrected chi connectivity index (χ3v) is 2.36. The average molecular weight is 216 g/mol. The molecule has 2 aromatic rings. The molecule has 0 unspecified atom stereocenters. The summed E-state index contributed by atoms with van der Waals surface area (Å²) in [4.78, 5) is 15.7. The lowest BCUT2D eigenvalue weighted by Gasteiger charge is -2.07. The van der Waals surface area contributed by atoms with Crippen LogP contribution in [-0.2, 0) is 7.05 Å². The van der Waals surface area contributed by atoms with Crippen molar-refractivity contribution in [3.63, 3.8) is 0 Å². The first kappa shape index (κ1) is 10.4. The van der Waals surface area contributed by atoms with Gasteiger partial charge in [-0.15, -0.1) is 0 Å². The summed E-state index contributed by atoms with van der Waals surface area (Å²) >= 11 is 0. The summed E-state index contributed by atoms with van der Waals surface area (Å²) in [5.74, 6) is 0.711. The number of hydrogen-bond acceptors (Lipinski definition) is 3. The molecule has 0 aliphatic heterocycles. The standard InChI is InChI=1S/C12H12N2O2/c1-14-8-13-10(7-12(14)15)9-5-3-4-6-11(9)16-2/h3-8H,1-2H3. The third-order valence-electron chi connectivity index (χ3n) is 2.36. The Bertz CT molecular complexity index is 561. The zero-order valence-electron chi connectivity index (χ0n) is 9.18. The molecule has 1 aromatic carbocycles. The SMILES string of the molecule is COc1ccccc1-c1cc(=O)n(C)cn1. The van der Waals surface area contributed by atoms with Gasteiger partial charge in [0, 0.05) is 18.7 Å². The van der Waals surface area contributed by atoms with Gasteiger partial charge in [-0.3, -0.25) is 4.79 Å². The van der Waals surface area contributed by atoms with Crippen LogP contribution in [0.3, 0.4) is 0 Å². The van der Waals surface area contributed by atoms with Crippen molar-refractivity contribution in [1.29, 1.82) is 0 Å². The first-order valence-electron chi connectivity index (χ1n) is 4.88. The molecular weight excluding hydrogens is 204 g/mol. The largest absolute Gasteiger partial charge is 0.496 e. The van der Waals surface area contributed by atoms with Gasteiger partial charge in [0.2, 0.25) is 0 Å². The van der Waals surface area contributed by atoms with Crippen molar-refractivity contribution in [1.82, 2.24) is 9.55 Å². The van der Waals surface area contributed by atoms with Crippen molar-refractivity contribution in [2.45, 2.75) is 0 Å². The number of ether oxygens (including phenoxy) is 1. The summed E-state index contributed by atoms with van der Waals surface area (Å²) in [6.45, 7) is 0. The number of para-hydroxylation sites is 1. The highest BCUT2D eigenvalue weighted by Crippen LogP contribution is 2.26. The van der Waals surface area contributed by atoms with E-state index in [1.807, 2.05) is 24.3 Å². The molecule has 0 saturated carbocycles. The van der Waals surface area contributed by atoms with Gasteiger partial charge < -0.3 is 9.30 Å². The Balaban J connectivity index is 2.58. The third kappa shape index (κ3) is 1.82. The van der Waals surface area contributed by atoms with Crippen molar-refractivity contribution in [2.75, 3.05) is 7.11 Å². The first-order valence-corrected chi connectivity index (χ1v) is 4.88. The minimum Gasteiger partial charge on any atom is -0.496 e. The highest BCUT2D eigenvalue weighted by Gasteiger charge is 2.06. The molecule has 1 heterocycles. The summed E-state index contributed by atoms with van der Waals surface area (Å²) in [6.07, 6.45) is 1.50. The van der Waals surface area contributed by atoms with E-state index in [1.54, 1.807) is 14.2 Å². The van der Waals surface area contributed by atoms with Crippen molar-refractivity contribution < 1.29 is 4.74 Å². The number of methoxy groups -OCH3 is 1. The molecule has 0 amide bonds. The van der Waals surface area contributed by atoms with E-state index in [9.17, 15) is 4.79 Å². The number of aromatic nitrogens is 2. The highest BCUT2D eigenvalue weighted by molar-refractivity contribution is 5.66. The van der Waals surface area contributed by atoms with Gasteiger partial charge in [-0.25, -0.2) is 4.98 Å². The summed E-state index contributed by atoms with van der Waals surface area (Å²) in [5.41, 5.74) is 1.36. The summed E-state index contributed by atoms with van der Waals surface area (Å²) in [5, 5.41) is 0. The summed E-state index contributed by atoms with van der Waals surface area (Å²) < 4.78 is 6.65. The van der Waals surface area contributed by atoms with Crippen LogP contribution < -0.4 is 10.3 Å². The van der Waals surface area contributed by atoms with Crippen LogP contribution in [-0.4, -0.2) is 16.7 Å². The molecule has 0 radical (unpaired) electrons. The molecule has 16 heavy (non-hydrogen) atoms. The van der Waals surface area contributed by atoms with Gasteiger partial charge in [-0.05, 0) is 12.1 Å². The second kappa shape index (κ2) is 4.18. The van der Waals surface area contributed by atoms with Crippen molar-refractivity contribution in [2.24, 2.45) is 7.05 Å². The monoisotopic (exact) mass is 216 g/mol. The average Bonchev–Trinajstić information content (AvgIpc) is 2.32. The highest BCUT2D eigenvalue weighted by atomic mass is 16.5. The van der Waals surface area contributed by atoms with Crippen LogP contribution in [0.15, 0.2) is 41.5 Å². The van der Waals surface area contributed by atoms with Crippen molar-refractivity contribution in [3.05, 3.63) is 47.0 Å². The van der Waals surface area contributed by atoms with Crippen molar-refractivity contribution >= 4 is 0 Å². The van der Waals surface area contributed by atoms with Crippen molar-refractivity contribution in [3.8, 4) is 17.0 Å². The molecule has 82 valence electrons. The number of nitrogens with zero attached hydrogens (tertiary/aromatic N) is 2. The molecule has 1 aromatic heterocycles. The van der Waals surface area contributed by atoms with Crippen LogP contribution in [0.5, 0.6) is 5.75 Å². The van der Waals surface area contributed by atoms with Crippen LogP contribution in [0.4, 0.5) is 0 Å². The van der Waals surface area contributed by atoms with Crippen LogP contribution in [0.2, 0.25) is 0 Å². The second-order valence-electron chi connectivity index (χ2n) is 3.42. The van der Waals surface area contributed by atoms with Gasteiger partial charge in [0.1, 0.15) is 5.75 Å². The predicted molar refractivity (Wildman–Crippen MR) is 61.5 cm³/mol. The fourth-order valence-electron chi connectivity index (χ4n) is 1.47. The molecule has 0 N–H and O–H groups in total. The number of aryl methyl sites for hydroxylation is 1. The van der Waals surface area contributed by atoms with Gasteiger partial charge in [0.25, 0.3) is 5.56 Å². The Morgan fingerprint density at radius 3 is 2.75 bits per heavy atom. The van der Waals surface area contributed by atoms with E-state index in [2.05, 4.69) is 4.98 Å². The lowest BCUT2D eigenvalue weighted by atomic mass is 10.1. The van der Waals surface area contributed by atoms with Crippen LogP contribution in [0, 0.1) is 0 Å². The fourth-order valence-corrected chi connectivity index (χ4v) is 1.47. The molecule has 0 spiro atoms. The van der Waals surface area contributed by atoms with E-state index in [-0.39, 0.29) is 5.56 Å². The van der Waals surface area contributed by atoms with Crippen LogP contribution in [0.1, 0.15) is 0 Å². The Hall–Kier alpha value is -2.10. The second-order valence-corrected chi connectivity index (χ2v) is 3.42. The number of hydrogen-bond donors (Lipinski definition) is 0. The predicted octanol–water partition coefficient (Wildman–Crippen LogP) is 1.46. The zero-order valence-corrected chi connectivity index (χ0v) is 9.18. The van der Waals surface area contributed by atoms with E-state index >= 15 is 0 Å². The summed E-state index contributed by atoms with van der Waals surface area (Å²) in [7, 11) is 3.27. The lowest BCUT2D eigenvalue weighted by molar-refractivity contribution is 0.416. The van der Waals surface area contributed by atoms with Crippen LogP contribution >= 0.6 is 0 Å². The Morgan fingerprint density at radius 1 is 1.31 bits per heavy atom. The molecule has 0 aliphatic rings. The molecule has 0 aliphatic carbocycles. The molecule has 4 heteroatoms. The molecule has 0 atom stereocenters. The van der Waals surface area contributed by atoms with E-state index < -0.39 is 0 Å². The molecular formula is C12H12N2O2. The maximum Gasteiger partial charge on any atom is 0.253 e. The van der Waals surface area contributed by atoms with E-state index in [0.717, 1.165) is 5.56 Å². The van der Waals surface area contributed by atoms with E-state index in [1.165, 1.54) is 17.0 Å². The Labute approximate surface area is 93.1 Å². The number of benzene rings is 1. The molecule has 0 saturated heterocycles. The molecule has 0 fully saturated rings. The maximum atomic E-state index is 11.5. The normalized spacial score (nSPS) is 10.1. The van der Waals surface area contributed by atoms with Crippen LogP contribution in [0.25, 0.3) is 11.3 Å². The quantitative estimate of drug-likeness (QED) is 0.763. The Kier molecular flexibility index (Phi) is 2.72. The summed E-state index contributed by atoms with van der Waals surface area (Å²) in [6, 6.07) is 8.98. The smallest absolute Gasteiger partial charge is 0.253 e. The minimum absolute atomic E-state index is 0.0871. The van der Waals surface area contributed by atoms with E-state index in [0.29, 0.717) is 11.4 Å². The van der Waals surface area contributed by atoms with Gasteiger partial charge in [0.15, 0.2) is 0 Å². The molecule has 0 bridgehead atoms. The minimum atomic E-state index is -0.0871. The zero-order chi connectivity index (χ0) is 11.5. The lowest BCUT2D eigenvalue weighted by Crippen LogP contribution is -2.15. The Morgan fingerprint density at radius 2 is 2.06 bits per heavy atom. The van der Waals surface area contributed by atoms with Gasteiger partial charge in [0.05, 0.1) is 19.1 Å². The van der Waals surface area contributed by atoms with E-state index in [4.69, 9.17) is 4.74 Å². The number of rotatable bonds is 2. The molecule has 4 nitrogen and oxygen atoms in total. The fraction of sp³-hybridized carbons (Fsp3) is 0.167. The maximum absolute atomic E-state index is 11.5. The van der Waals surface area contributed by atoms with Gasteiger partial charge >= 0.3 is 0 Å². The first-order chi connectivity index (χ1) is 7.72.